The third kappa shape index (κ3) is 4.98. The third-order valence-electron chi connectivity index (χ3n) is 4.67. The molecule has 1 aromatic heterocycles. The highest BCUT2D eigenvalue weighted by atomic mass is 32.1. The first kappa shape index (κ1) is 20.0. The number of carbonyl (C=O) groups excluding carboxylic acids is 2. The molecule has 9 heteroatoms. The average Bonchev–Trinajstić information content (AvgIpc) is 3.35. The number of anilines is 1. The standard InChI is InChI=1S/C21H19FN4O3S/c22-16-8-6-14(7-9-16)11-26-12-15(10-19(26)27)20(28)23-21-25-24-18(30-21)13-29-17-4-2-1-3-5-17/h1-9,15H,10-13H2,(H,23,25,28)/t15-/m0/s1. The summed E-state index contributed by atoms with van der Waals surface area (Å²) in [4.78, 5) is 26.4. The van der Waals surface area contributed by atoms with E-state index in [4.69, 9.17) is 4.74 Å². The number of nitrogens with one attached hydrogen (secondary N) is 1. The normalized spacial score (nSPS) is 16.0. The maximum absolute atomic E-state index is 13.0. The summed E-state index contributed by atoms with van der Waals surface area (Å²) >= 11 is 1.23. The number of hydrogen-bond donors (Lipinski definition) is 1. The summed E-state index contributed by atoms with van der Waals surface area (Å²) in [6.07, 6.45) is 0.135. The van der Waals surface area contributed by atoms with Crippen LogP contribution in [0.4, 0.5) is 9.52 Å². The van der Waals surface area contributed by atoms with Crippen LogP contribution in [-0.4, -0.2) is 33.5 Å². The molecule has 0 saturated carbocycles. The minimum atomic E-state index is -0.467. The molecule has 0 bridgehead atoms. The first-order valence-electron chi connectivity index (χ1n) is 9.40. The largest absolute Gasteiger partial charge is 0.486 e. The number of rotatable bonds is 7. The van der Waals surface area contributed by atoms with Crippen LogP contribution >= 0.6 is 11.3 Å². The van der Waals surface area contributed by atoms with Crippen molar-refractivity contribution in [3.05, 3.63) is 71.0 Å². The zero-order valence-corrected chi connectivity index (χ0v) is 16.8. The first-order chi connectivity index (χ1) is 14.6. The van der Waals surface area contributed by atoms with Gasteiger partial charge in [0, 0.05) is 19.5 Å². The fraction of sp³-hybridized carbons (Fsp3) is 0.238. The lowest BCUT2D eigenvalue weighted by Gasteiger charge is -2.16. The Bertz CT molecular complexity index is 1030. The van der Waals surface area contributed by atoms with Gasteiger partial charge in [0.25, 0.3) is 0 Å². The Morgan fingerprint density at radius 2 is 1.93 bits per heavy atom. The van der Waals surface area contributed by atoms with Crippen LogP contribution in [0.15, 0.2) is 54.6 Å². The molecule has 1 atom stereocenters. The highest BCUT2D eigenvalue weighted by Crippen LogP contribution is 2.24. The monoisotopic (exact) mass is 426 g/mol. The maximum atomic E-state index is 13.0. The smallest absolute Gasteiger partial charge is 0.231 e. The molecule has 4 rings (SSSR count). The Balaban J connectivity index is 1.29. The summed E-state index contributed by atoms with van der Waals surface area (Å²) in [6, 6.07) is 15.3. The molecule has 30 heavy (non-hydrogen) atoms. The van der Waals surface area contributed by atoms with Gasteiger partial charge in [0.05, 0.1) is 5.92 Å². The molecule has 0 radical (unpaired) electrons. The Morgan fingerprint density at radius 1 is 1.17 bits per heavy atom. The first-order valence-corrected chi connectivity index (χ1v) is 10.2. The fourth-order valence-corrected chi connectivity index (χ4v) is 3.80. The second kappa shape index (κ2) is 9.00. The molecule has 1 N–H and O–H groups in total. The number of aromatic nitrogens is 2. The number of ether oxygens (including phenoxy) is 1. The SMILES string of the molecule is O=C(Nc1nnc(COc2ccccc2)s1)[C@H]1CC(=O)N(Cc2ccc(F)cc2)C1. The molecular formula is C21H19FN4O3S. The molecule has 2 aromatic carbocycles. The molecule has 1 saturated heterocycles. The van der Waals surface area contributed by atoms with Gasteiger partial charge in [0.15, 0.2) is 5.01 Å². The van der Waals surface area contributed by atoms with Crippen molar-refractivity contribution in [3.63, 3.8) is 0 Å². The number of amides is 2. The van der Waals surface area contributed by atoms with Gasteiger partial charge in [-0.2, -0.15) is 0 Å². The van der Waals surface area contributed by atoms with E-state index >= 15 is 0 Å². The number of hydrogen-bond acceptors (Lipinski definition) is 6. The van der Waals surface area contributed by atoms with E-state index < -0.39 is 5.92 Å². The molecule has 2 heterocycles. The molecule has 0 unspecified atom stereocenters. The number of benzene rings is 2. The lowest BCUT2D eigenvalue weighted by atomic mass is 10.1. The zero-order valence-electron chi connectivity index (χ0n) is 16.0. The predicted octanol–water partition coefficient (Wildman–Crippen LogP) is 3.24. The van der Waals surface area contributed by atoms with Crippen LogP contribution in [0.25, 0.3) is 0 Å². The molecule has 0 aliphatic carbocycles. The van der Waals surface area contributed by atoms with Gasteiger partial charge in [0.2, 0.25) is 16.9 Å². The van der Waals surface area contributed by atoms with Crippen LogP contribution in [0.3, 0.4) is 0 Å². The quantitative estimate of drug-likeness (QED) is 0.627. The van der Waals surface area contributed by atoms with Crippen LogP contribution in [0.1, 0.15) is 17.0 Å². The molecule has 0 spiro atoms. The van der Waals surface area contributed by atoms with Gasteiger partial charge >= 0.3 is 0 Å². The Morgan fingerprint density at radius 3 is 2.70 bits per heavy atom. The van der Waals surface area contributed by atoms with E-state index in [1.807, 2.05) is 30.3 Å². The summed E-state index contributed by atoms with van der Waals surface area (Å²) in [7, 11) is 0. The van der Waals surface area contributed by atoms with Gasteiger partial charge in [-0.3, -0.25) is 9.59 Å². The zero-order chi connectivity index (χ0) is 20.9. The van der Waals surface area contributed by atoms with Crippen molar-refractivity contribution in [1.29, 1.82) is 0 Å². The third-order valence-corrected chi connectivity index (χ3v) is 5.49. The fourth-order valence-electron chi connectivity index (χ4n) is 3.14. The van der Waals surface area contributed by atoms with Crippen LogP contribution in [0, 0.1) is 11.7 Å². The van der Waals surface area contributed by atoms with E-state index in [-0.39, 0.29) is 30.7 Å². The highest BCUT2D eigenvalue weighted by Gasteiger charge is 2.34. The molecule has 1 aliphatic heterocycles. The molecule has 7 nitrogen and oxygen atoms in total. The van der Waals surface area contributed by atoms with E-state index in [9.17, 15) is 14.0 Å². The van der Waals surface area contributed by atoms with Gasteiger partial charge in [0.1, 0.15) is 18.2 Å². The molecule has 154 valence electrons. The van der Waals surface area contributed by atoms with Crippen molar-refractivity contribution in [2.75, 3.05) is 11.9 Å². The summed E-state index contributed by atoms with van der Waals surface area (Å²) in [5.41, 5.74) is 0.818. The Labute approximate surface area is 176 Å². The second-order valence-corrected chi connectivity index (χ2v) is 7.96. The van der Waals surface area contributed by atoms with Gasteiger partial charge in [-0.25, -0.2) is 4.39 Å². The minimum Gasteiger partial charge on any atom is -0.486 e. The van der Waals surface area contributed by atoms with Crippen molar-refractivity contribution in [1.82, 2.24) is 15.1 Å². The van der Waals surface area contributed by atoms with Gasteiger partial charge < -0.3 is 15.0 Å². The van der Waals surface area contributed by atoms with Gasteiger partial charge in [-0.15, -0.1) is 10.2 Å². The molecular weight excluding hydrogens is 407 g/mol. The predicted molar refractivity (Wildman–Crippen MR) is 109 cm³/mol. The number of likely N-dealkylation sites (tertiary alicyclic amines) is 1. The average molecular weight is 426 g/mol. The molecule has 1 aliphatic rings. The van der Waals surface area contributed by atoms with E-state index in [1.54, 1.807) is 17.0 Å². The van der Waals surface area contributed by atoms with E-state index in [0.717, 1.165) is 11.3 Å². The van der Waals surface area contributed by atoms with Crippen molar-refractivity contribution in [3.8, 4) is 5.75 Å². The van der Waals surface area contributed by atoms with Crippen molar-refractivity contribution >= 4 is 28.3 Å². The van der Waals surface area contributed by atoms with E-state index in [1.165, 1.54) is 23.5 Å². The number of nitrogens with zero attached hydrogens (tertiary/aromatic N) is 3. The summed E-state index contributed by atoms with van der Waals surface area (Å²) in [6.45, 7) is 0.915. The van der Waals surface area contributed by atoms with E-state index in [2.05, 4.69) is 15.5 Å². The number of para-hydroxylation sites is 1. The minimum absolute atomic E-state index is 0.103. The van der Waals surface area contributed by atoms with Crippen LogP contribution in [-0.2, 0) is 22.7 Å². The maximum Gasteiger partial charge on any atom is 0.231 e. The van der Waals surface area contributed by atoms with Crippen LogP contribution in [0.2, 0.25) is 0 Å². The van der Waals surface area contributed by atoms with Gasteiger partial charge in [-0.1, -0.05) is 41.7 Å². The second-order valence-electron chi connectivity index (χ2n) is 6.89. The summed E-state index contributed by atoms with van der Waals surface area (Å²) < 4.78 is 18.7. The molecule has 1 fully saturated rings. The topological polar surface area (TPSA) is 84.4 Å². The van der Waals surface area contributed by atoms with Crippen LogP contribution < -0.4 is 10.1 Å². The highest BCUT2D eigenvalue weighted by molar-refractivity contribution is 7.15. The Kier molecular flexibility index (Phi) is 5.99. The van der Waals surface area contributed by atoms with Crippen molar-refractivity contribution < 1.29 is 18.7 Å². The number of halogens is 1. The van der Waals surface area contributed by atoms with Crippen LogP contribution in [0.5, 0.6) is 5.75 Å². The lowest BCUT2D eigenvalue weighted by molar-refractivity contribution is -0.128. The Hall–Kier alpha value is -3.33. The van der Waals surface area contributed by atoms with Crippen molar-refractivity contribution in [2.24, 2.45) is 5.92 Å². The van der Waals surface area contributed by atoms with Crippen molar-refractivity contribution in [2.45, 2.75) is 19.6 Å². The molecule has 3 aromatic rings. The lowest BCUT2D eigenvalue weighted by Crippen LogP contribution is -2.28. The van der Waals surface area contributed by atoms with Gasteiger partial charge in [-0.05, 0) is 29.8 Å². The summed E-state index contributed by atoms with van der Waals surface area (Å²) in [5.74, 6) is -0.436. The summed E-state index contributed by atoms with van der Waals surface area (Å²) in [5, 5.41) is 11.7. The van der Waals surface area contributed by atoms with E-state index in [0.29, 0.717) is 23.2 Å². The number of carbonyl (C=O) groups is 2. The molecule has 2 amide bonds.